The molecular formula is C25H28ClN3O4S. The van der Waals surface area contributed by atoms with Gasteiger partial charge in [0.05, 0.1) is 29.4 Å². The zero-order valence-electron chi connectivity index (χ0n) is 19.3. The second-order valence-corrected chi connectivity index (χ2v) is 10.8. The molecule has 0 saturated carbocycles. The Morgan fingerprint density at radius 3 is 2.38 bits per heavy atom. The molecule has 1 fully saturated rings. The highest BCUT2D eigenvalue weighted by atomic mass is 35.5. The molecule has 180 valence electrons. The average molecular weight is 502 g/mol. The van der Waals surface area contributed by atoms with Gasteiger partial charge < -0.3 is 14.6 Å². The van der Waals surface area contributed by atoms with E-state index >= 15 is 0 Å². The van der Waals surface area contributed by atoms with Gasteiger partial charge in [-0.05, 0) is 42.8 Å². The number of amides is 1. The Morgan fingerprint density at radius 1 is 1.06 bits per heavy atom. The third-order valence-electron chi connectivity index (χ3n) is 6.01. The summed E-state index contributed by atoms with van der Waals surface area (Å²) in [5, 5.41) is 3.51. The molecule has 3 aromatic rings. The van der Waals surface area contributed by atoms with E-state index in [9.17, 15) is 13.2 Å². The first-order valence-electron chi connectivity index (χ1n) is 11.1. The number of morpholine rings is 1. The molecule has 0 spiro atoms. The number of nitrogens with zero attached hydrogens (tertiary/aromatic N) is 2. The molecule has 1 aliphatic rings. The lowest BCUT2D eigenvalue weighted by Gasteiger charge is -2.27. The highest BCUT2D eigenvalue weighted by Gasteiger charge is 2.21. The minimum atomic E-state index is -3.30. The van der Waals surface area contributed by atoms with Crippen LogP contribution in [-0.2, 0) is 21.1 Å². The maximum absolute atomic E-state index is 13.2. The third kappa shape index (κ3) is 5.52. The van der Waals surface area contributed by atoms with Gasteiger partial charge >= 0.3 is 0 Å². The van der Waals surface area contributed by atoms with Crippen LogP contribution in [0, 0.1) is 6.92 Å². The number of aromatic nitrogens is 1. The van der Waals surface area contributed by atoms with Crippen molar-refractivity contribution >= 4 is 33.0 Å². The standard InChI is InChI=1S/C25H28ClN3O4S/c1-18-22(25(30)27-19-7-9-20(10-8-19)34(2,31)32)17-29(12-11-28-13-15-33-16-14-28)24(18)21-5-3-4-6-23(21)26/h3-10,17H,11-16H2,1-2H3,(H,27,30). The summed E-state index contributed by atoms with van der Waals surface area (Å²) in [4.78, 5) is 15.8. The van der Waals surface area contributed by atoms with Gasteiger partial charge in [-0.1, -0.05) is 29.8 Å². The molecule has 7 nitrogen and oxygen atoms in total. The van der Waals surface area contributed by atoms with Crippen molar-refractivity contribution in [2.24, 2.45) is 0 Å². The summed E-state index contributed by atoms with van der Waals surface area (Å²) in [5.74, 6) is -0.261. The van der Waals surface area contributed by atoms with Gasteiger partial charge in [0, 0.05) is 54.9 Å². The minimum absolute atomic E-state index is 0.206. The van der Waals surface area contributed by atoms with E-state index in [0.29, 0.717) is 22.8 Å². The number of rotatable bonds is 7. The van der Waals surface area contributed by atoms with Gasteiger partial charge in [-0.25, -0.2) is 8.42 Å². The summed E-state index contributed by atoms with van der Waals surface area (Å²) in [5.41, 5.74) is 3.69. The molecule has 0 unspecified atom stereocenters. The van der Waals surface area contributed by atoms with Crippen LogP contribution in [0.1, 0.15) is 15.9 Å². The Balaban J connectivity index is 1.62. The molecule has 1 saturated heterocycles. The molecule has 34 heavy (non-hydrogen) atoms. The predicted octanol–water partition coefficient (Wildman–Crippen LogP) is 4.10. The second kappa shape index (κ2) is 10.3. The van der Waals surface area contributed by atoms with Gasteiger partial charge in [0.1, 0.15) is 0 Å². The van der Waals surface area contributed by atoms with E-state index in [1.807, 2.05) is 37.4 Å². The molecule has 0 aliphatic carbocycles. The number of halogens is 1. The van der Waals surface area contributed by atoms with Crippen molar-refractivity contribution in [2.75, 3.05) is 44.4 Å². The largest absolute Gasteiger partial charge is 0.379 e. The lowest BCUT2D eigenvalue weighted by molar-refractivity contribution is 0.0364. The third-order valence-corrected chi connectivity index (χ3v) is 7.46. The first-order chi connectivity index (χ1) is 16.2. The summed E-state index contributed by atoms with van der Waals surface area (Å²) < 4.78 is 30.9. The molecule has 9 heteroatoms. The maximum Gasteiger partial charge on any atom is 0.257 e. The quantitative estimate of drug-likeness (QED) is 0.527. The van der Waals surface area contributed by atoms with Crippen LogP contribution < -0.4 is 5.32 Å². The number of ether oxygens (including phenoxy) is 1. The lowest BCUT2D eigenvalue weighted by Crippen LogP contribution is -2.38. The Bertz CT molecular complexity index is 1280. The molecule has 1 aromatic heterocycles. The molecule has 0 atom stereocenters. The van der Waals surface area contributed by atoms with Crippen LogP contribution in [0.4, 0.5) is 5.69 Å². The van der Waals surface area contributed by atoms with E-state index in [1.165, 1.54) is 12.1 Å². The van der Waals surface area contributed by atoms with E-state index in [2.05, 4.69) is 14.8 Å². The Hall–Kier alpha value is -2.65. The van der Waals surface area contributed by atoms with Gasteiger partial charge in [-0.15, -0.1) is 0 Å². The number of carbonyl (C=O) groups excluding carboxylic acids is 1. The van der Waals surface area contributed by atoms with E-state index in [4.69, 9.17) is 16.3 Å². The normalized spacial score (nSPS) is 14.8. The zero-order valence-corrected chi connectivity index (χ0v) is 20.8. The van der Waals surface area contributed by atoms with Gasteiger partial charge in [-0.2, -0.15) is 0 Å². The van der Waals surface area contributed by atoms with Crippen LogP contribution in [-0.4, -0.2) is 62.9 Å². The van der Waals surface area contributed by atoms with Crippen molar-refractivity contribution in [2.45, 2.75) is 18.4 Å². The van der Waals surface area contributed by atoms with Gasteiger partial charge in [-0.3, -0.25) is 9.69 Å². The number of hydrogen-bond acceptors (Lipinski definition) is 5. The number of hydrogen-bond donors (Lipinski definition) is 1. The lowest BCUT2D eigenvalue weighted by atomic mass is 10.1. The minimum Gasteiger partial charge on any atom is -0.379 e. The smallest absolute Gasteiger partial charge is 0.257 e. The van der Waals surface area contributed by atoms with Crippen molar-refractivity contribution < 1.29 is 17.9 Å². The van der Waals surface area contributed by atoms with E-state index < -0.39 is 9.84 Å². The fourth-order valence-corrected chi connectivity index (χ4v) is 4.99. The first-order valence-corrected chi connectivity index (χ1v) is 13.4. The monoisotopic (exact) mass is 501 g/mol. The van der Waals surface area contributed by atoms with Gasteiger partial charge in [0.2, 0.25) is 0 Å². The van der Waals surface area contributed by atoms with Crippen molar-refractivity contribution in [3.05, 3.63) is 70.9 Å². The molecular weight excluding hydrogens is 474 g/mol. The predicted molar refractivity (Wildman–Crippen MR) is 134 cm³/mol. The van der Waals surface area contributed by atoms with E-state index in [0.717, 1.165) is 55.9 Å². The maximum atomic E-state index is 13.2. The van der Waals surface area contributed by atoms with Crippen LogP contribution in [0.25, 0.3) is 11.3 Å². The Morgan fingerprint density at radius 2 is 1.74 bits per heavy atom. The second-order valence-electron chi connectivity index (χ2n) is 8.39. The summed E-state index contributed by atoms with van der Waals surface area (Å²) in [7, 11) is -3.30. The molecule has 2 aromatic carbocycles. The van der Waals surface area contributed by atoms with Crippen LogP contribution in [0.2, 0.25) is 5.02 Å². The SMILES string of the molecule is Cc1c(C(=O)Nc2ccc(S(C)(=O)=O)cc2)cn(CCN2CCOCC2)c1-c1ccccc1Cl. The summed E-state index contributed by atoms with van der Waals surface area (Å²) in [6.07, 6.45) is 3.02. The molecule has 2 heterocycles. The molecule has 0 radical (unpaired) electrons. The molecule has 4 rings (SSSR count). The summed E-state index contributed by atoms with van der Waals surface area (Å²) in [6, 6.07) is 13.8. The number of sulfone groups is 1. The number of benzene rings is 2. The number of anilines is 1. The molecule has 1 aliphatic heterocycles. The topological polar surface area (TPSA) is 80.6 Å². The fourth-order valence-electron chi connectivity index (χ4n) is 4.13. The Kier molecular flexibility index (Phi) is 7.42. The van der Waals surface area contributed by atoms with Crippen molar-refractivity contribution in [3.8, 4) is 11.3 Å². The molecule has 1 N–H and O–H groups in total. The molecule has 0 bridgehead atoms. The van der Waals surface area contributed by atoms with Crippen molar-refractivity contribution in [1.29, 1.82) is 0 Å². The number of nitrogens with one attached hydrogen (secondary N) is 1. The first kappa shape index (κ1) is 24.5. The molecule has 1 amide bonds. The van der Waals surface area contributed by atoms with Crippen molar-refractivity contribution in [1.82, 2.24) is 9.47 Å². The van der Waals surface area contributed by atoms with Crippen molar-refractivity contribution in [3.63, 3.8) is 0 Å². The van der Waals surface area contributed by atoms with Gasteiger partial charge in [0.15, 0.2) is 9.84 Å². The van der Waals surface area contributed by atoms with Gasteiger partial charge in [0.25, 0.3) is 5.91 Å². The van der Waals surface area contributed by atoms with E-state index in [1.54, 1.807) is 12.1 Å². The fraction of sp³-hybridized carbons (Fsp3) is 0.320. The summed E-state index contributed by atoms with van der Waals surface area (Å²) >= 11 is 6.53. The van der Waals surface area contributed by atoms with Crippen LogP contribution >= 0.6 is 11.6 Å². The van der Waals surface area contributed by atoms with Crippen LogP contribution in [0.5, 0.6) is 0 Å². The Labute approximate surface area is 205 Å². The average Bonchev–Trinajstić information content (AvgIpc) is 3.14. The van der Waals surface area contributed by atoms with E-state index in [-0.39, 0.29) is 10.8 Å². The van der Waals surface area contributed by atoms with Crippen LogP contribution in [0.3, 0.4) is 0 Å². The number of carbonyl (C=O) groups is 1. The summed E-state index contributed by atoms with van der Waals surface area (Å²) in [6.45, 7) is 6.70. The van der Waals surface area contributed by atoms with Crippen LogP contribution in [0.15, 0.2) is 59.6 Å². The zero-order chi connectivity index (χ0) is 24.3. The highest BCUT2D eigenvalue weighted by Crippen LogP contribution is 2.33. The highest BCUT2D eigenvalue weighted by molar-refractivity contribution is 7.90.